The molecule has 0 saturated carbocycles. The number of esters is 1. The van der Waals surface area contributed by atoms with E-state index in [9.17, 15) is 4.79 Å². The van der Waals surface area contributed by atoms with Crippen LogP contribution in [-0.4, -0.2) is 19.7 Å². The quantitative estimate of drug-likeness (QED) is 0.625. The van der Waals surface area contributed by atoms with Gasteiger partial charge < -0.3 is 14.2 Å². The molecule has 0 aliphatic heterocycles. The summed E-state index contributed by atoms with van der Waals surface area (Å²) in [5.74, 6) is 1.43. The predicted molar refractivity (Wildman–Crippen MR) is 80.0 cm³/mol. The van der Waals surface area contributed by atoms with Crippen molar-refractivity contribution in [2.24, 2.45) is 0 Å². The first-order valence-electron chi connectivity index (χ1n) is 6.64. The van der Waals surface area contributed by atoms with Crippen LogP contribution in [0.4, 0.5) is 0 Å². The van der Waals surface area contributed by atoms with Gasteiger partial charge in [0.25, 0.3) is 0 Å². The summed E-state index contributed by atoms with van der Waals surface area (Å²) in [6.07, 6.45) is 0. The van der Waals surface area contributed by atoms with Crippen molar-refractivity contribution in [2.45, 2.75) is 13.8 Å². The molecule has 0 bridgehead atoms. The average molecular weight is 286 g/mol. The van der Waals surface area contributed by atoms with E-state index in [1.54, 1.807) is 31.4 Å². The summed E-state index contributed by atoms with van der Waals surface area (Å²) in [6, 6.07) is 12.5. The fraction of sp³-hybridized carbons (Fsp3) is 0.235. The Kier molecular flexibility index (Phi) is 4.82. The first kappa shape index (κ1) is 14.9. The second kappa shape index (κ2) is 6.79. The van der Waals surface area contributed by atoms with Gasteiger partial charge in [-0.15, -0.1) is 0 Å². The highest BCUT2D eigenvalue weighted by Crippen LogP contribution is 2.21. The molecule has 0 spiro atoms. The number of benzene rings is 2. The fourth-order valence-electron chi connectivity index (χ4n) is 1.82. The van der Waals surface area contributed by atoms with Gasteiger partial charge in [0.1, 0.15) is 17.2 Å². The number of rotatable bonds is 5. The normalized spacial score (nSPS) is 10.0. The highest BCUT2D eigenvalue weighted by molar-refractivity contribution is 5.74. The highest BCUT2D eigenvalue weighted by Gasteiger charge is 2.08. The zero-order chi connectivity index (χ0) is 15.2. The lowest BCUT2D eigenvalue weighted by atomic mass is 10.1. The van der Waals surface area contributed by atoms with Crippen molar-refractivity contribution in [1.29, 1.82) is 0 Å². The van der Waals surface area contributed by atoms with Crippen LogP contribution in [0.3, 0.4) is 0 Å². The zero-order valence-corrected chi connectivity index (χ0v) is 12.4. The summed E-state index contributed by atoms with van der Waals surface area (Å²) >= 11 is 0. The highest BCUT2D eigenvalue weighted by atomic mass is 16.6. The summed E-state index contributed by atoms with van der Waals surface area (Å²) in [5.41, 5.74) is 2.14. The second-order valence-electron chi connectivity index (χ2n) is 4.64. The lowest BCUT2D eigenvalue weighted by Crippen LogP contribution is -2.18. The number of methoxy groups -OCH3 is 1. The smallest absolute Gasteiger partial charge is 0.349 e. The summed E-state index contributed by atoms with van der Waals surface area (Å²) in [6.45, 7) is 3.83. The van der Waals surface area contributed by atoms with Gasteiger partial charge in [0.2, 0.25) is 0 Å². The van der Waals surface area contributed by atoms with Crippen LogP contribution >= 0.6 is 0 Å². The van der Waals surface area contributed by atoms with Gasteiger partial charge in [-0.25, -0.2) is 4.79 Å². The van der Waals surface area contributed by atoms with Crippen LogP contribution in [0, 0.1) is 13.8 Å². The van der Waals surface area contributed by atoms with Gasteiger partial charge in [-0.1, -0.05) is 12.1 Å². The van der Waals surface area contributed by atoms with Crippen LogP contribution in [-0.2, 0) is 4.79 Å². The van der Waals surface area contributed by atoms with Gasteiger partial charge in [0, 0.05) is 0 Å². The van der Waals surface area contributed by atoms with E-state index in [1.165, 1.54) is 0 Å². The maximum Gasteiger partial charge on any atom is 0.349 e. The minimum atomic E-state index is -0.443. The van der Waals surface area contributed by atoms with Gasteiger partial charge in [0.15, 0.2) is 6.61 Å². The second-order valence-corrected chi connectivity index (χ2v) is 4.64. The van der Waals surface area contributed by atoms with Gasteiger partial charge in [-0.2, -0.15) is 0 Å². The molecule has 4 heteroatoms. The molecule has 0 atom stereocenters. The van der Waals surface area contributed by atoms with E-state index in [4.69, 9.17) is 14.2 Å². The molecule has 2 aromatic rings. The Morgan fingerprint density at radius 3 is 2.33 bits per heavy atom. The molecule has 2 aromatic carbocycles. The Morgan fingerprint density at radius 2 is 1.67 bits per heavy atom. The molecule has 0 unspecified atom stereocenters. The van der Waals surface area contributed by atoms with Crippen LogP contribution in [0.1, 0.15) is 11.1 Å². The minimum Gasteiger partial charge on any atom is -0.497 e. The molecule has 0 aliphatic rings. The van der Waals surface area contributed by atoms with E-state index in [1.807, 2.05) is 32.0 Å². The molecule has 0 aromatic heterocycles. The maximum atomic E-state index is 11.8. The molecule has 0 fully saturated rings. The molecule has 21 heavy (non-hydrogen) atoms. The summed E-state index contributed by atoms with van der Waals surface area (Å²) < 4.78 is 15.7. The maximum absolute atomic E-state index is 11.8. The van der Waals surface area contributed by atoms with E-state index in [-0.39, 0.29) is 6.61 Å². The average Bonchev–Trinajstić information content (AvgIpc) is 2.49. The lowest BCUT2D eigenvalue weighted by Gasteiger charge is -2.10. The minimum absolute atomic E-state index is 0.129. The summed E-state index contributed by atoms with van der Waals surface area (Å²) in [7, 11) is 1.58. The molecular weight excluding hydrogens is 268 g/mol. The Balaban J connectivity index is 1.91. The number of carbonyl (C=O) groups excluding carboxylic acids is 1. The Hall–Kier alpha value is -2.49. The van der Waals surface area contributed by atoms with Crippen molar-refractivity contribution in [2.75, 3.05) is 13.7 Å². The van der Waals surface area contributed by atoms with Gasteiger partial charge >= 0.3 is 5.97 Å². The van der Waals surface area contributed by atoms with Crippen LogP contribution in [0.5, 0.6) is 17.2 Å². The van der Waals surface area contributed by atoms with E-state index < -0.39 is 5.97 Å². The third-order valence-electron chi connectivity index (χ3n) is 3.19. The van der Waals surface area contributed by atoms with Crippen LogP contribution in [0.2, 0.25) is 0 Å². The molecule has 0 heterocycles. The Morgan fingerprint density at radius 1 is 1.00 bits per heavy atom. The topological polar surface area (TPSA) is 44.8 Å². The molecule has 0 aliphatic carbocycles. The number of carbonyl (C=O) groups is 1. The van der Waals surface area contributed by atoms with Gasteiger partial charge in [-0.05, 0) is 55.3 Å². The zero-order valence-electron chi connectivity index (χ0n) is 12.4. The summed E-state index contributed by atoms with van der Waals surface area (Å²) in [4.78, 5) is 11.8. The van der Waals surface area contributed by atoms with Crippen LogP contribution < -0.4 is 14.2 Å². The number of hydrogen-bond acceptors (Lipinski definition) is 4. The molecular formula is C17H18O4. The van der Waals surface area contributed by atoms with Crippen molar-refractivity contribution in [3.63, 3.8) is 0 Å². The first-order valence-corrected chi connectivity index (χ1v) is 6.64. The van der Waals surface area contributed by atoms with Crippen molar-refractivity contribution in [3.05, 3.63) is 53.6 Å². The molecule has 0 radical (unpaired) electrons. The molecule has 0 saturated heterocycles. The Bertz CT molecular complexity index is 617. The van der Waals surface area contributed by atoms with Crippen molar-refractivity contribution in [3.8, 4) is 17.2 Å². The molecule has 2 rings (SSSR count). The molecule has 110 valence electrons. The van der Waals surface area contributed by atoms with E-state index in [0.717, 1.165) is 11.1 Å². The SMILES string of the molecule is COc1ccc(OC(=O)COc2cccc(C)c2C)cc1. The summed E-state index contributed by atoms with van der Waals surface area (Å²) in [5, 5.41) is 0. The predicted octanol–water partition coefficient (Wildman–Crippen LogP) is 3.30. The monoisotopic (exact) mass is 286 g/mol. The molecule has 4 nitrogen and oxygen atoms in total. The number of aryl methyl sites for hydroxylation is 1. The van der Waals surface area contributed by atoms with Crippen molar-refractivity contribution in [1.82, 2.24) is 0 Å². The van der Waals surface area contributed by atoms with E-state index in [2.05, 4.69) is 0 Å². The molecule has 0 amide bonds. The standard InChI is InChI=1S/C17H18O4/c1-12-5-4-6-16(13(12)2)20-11-17(18)21-15-9-7-14(19-3)8-10-15/h4-10H,11H2,1-3H3. The third-order valence-corrected chi connectivity index (χ3v) is 3.19. The van der Waals surface area contributed by atoms with Crippen LogP contribution in [0.15, 0.2) is 42.5 Å². The first-order chi connectivity index (χ1) is 10.1. The van der Waals surface area contributed by atoms with Crippen molar-refractivity contribution >= 4 is 5.97 Å². The molecule has 0 N–H and O–H groups in total. The Labute approximate surface area is 124 Å². The van der Waals surface area contributed by atoms with Gasteiger partial charge in [-0.3, -0.25) is 0 Å². The number of ether oxygens (including phenoxy) is 3. The largest absolute Gasteiger partial charge is 0.497 e. The van der Waals surface area contributed by atoms with Crippen LogP contribution in [0.25, 0.3) is 0 Å². The fourth-order valence-corrected chi connectivity index (χ4v) is 1.82. The third kappa shape index (κ3) is 3.99. The van der Waals surface area contributed by atoms with E-state index >= 15 is 0 Å². The lowest BCUT2D eigenvalue weighted by molar-refractivity contribution is -0.136. The van der Waals surface area contributed by atoms with Crippen molar-refractivity contribution < 1.29 is 19.0 Å². The van der Waals surface area contributed by atoms with Gasteiger partial charge in [0.05, 0.1) is 7.11 Å². The number of hydrogen-bond donors (Lipinski definition) is 0. The van der Waals surface area contributed by atoms with E-state index in [0.29, 0.717) is 17.2 Å².